The van der Waals surface area contributed by atoms with Crippen molar-refractivity contribution in [3.8, 4) is 0 Å². The van der Waals surface area contributed by atoms with E-state index in [1.165, 1.54) is 0 Å². The van der Waals surface area contributed by atoms with E-state index in [-0.39, 0.29) is 24.7 Å². The minimum Gasteiger partial charge on any atom is -0.481 e. The van der Waals surface area contributed by atoms with Gasteiger partial charge in [-0.25, -0.2) is 9.97 Å². The molecule has 2 bridgehead atoms. The van der Waals surface area contributed by atoms with Crippen LogP contribution >= 0.6 is 0 Å². The molecule has 0 aliphatic heterocycles. The minimum atomic E-state index is -4.57. The Morgan fingerprint density at radius 1 is 1.21 bits per heavy atom. The van der Waals surface area contributed by atoms with Crippen LogP contribution in [0.25, 0.3) is 0 Å². The quantitative estimate of drug-likeness (QED) is 0.874. The van der Waals surface area contributed by atoms with Crippen LogP contribution in [0.1, 0.15) is 43.6 Å². The Kier molecular flexibility index (Phi) is 3.76. The van der Waals surface area contributed by atoms with Gasteiger partial charge in [0.15, 0.2) is 0 Å². The van der Waals surface area contributed by atoms with Crippen LogP contribution in [0.2, 0.25) is 0 Å². The fourth-order valence-electron chi connectivity index (χ4n) is 3.79. The number of alkyl halides is 3. The average Bonchev–Trinajstić information content (AvgIpc) is 3.11. The SMILES string of the molecule is O=C(O)C12CCC(C(=O)NCc3nccc(C(F)(F)F)n3)(CC1)C2. The van der Waals surface area contributed by atoms with Gasteiger partial charge in [-0.15, -0.1) is 0 Å². The van der Waals surface area contributed by atoms with E-state index in [4.69, 9.17) is 0 Å². The van der Waals surface area contributed by atoms with Crippen molar-refractivity contribution in [2.75, 3.05) is 0 Å². The number of carbonyl (C=O) groups excluding carboxylic acids is 1. The van der Waals surface area contributed by atoms with Crippen molar-refractivity contribution < 1.29 is 27.9 Å². The van der Waals surface area contributed by atoms with Crippen molar-refractivity contribution in [3.05, 3.63) is 23.8 Å². The summed E-state index contributed by atoms with van der Waals surface area (Å²) in [6.45, 7) is -0.218. The summed E-state index contributed by atoms with van der Waals surface area (Å²) in [7, 11) is 0. The van der Waals surface area contributed by atoms with E-state index in [1.807, 2.05) is 0 Å². The molecule has 0 atom stereocenters. The highest BCUT2D eigenvalue weighted by molar-refractivity contribution is 5.87. The van der Waals surface area contributed by atoms with E-state index in [0.29, 0.717) is 25.7 Å². The summed E-state index contributed by atoms with van der Waals surface area (Å²) < 4.78 is 37.9. The molecule has 1 aromatic heterocycles. The number of nitrogens with zero attached hydrogens (tertiary/aromatic N) is 2. The molecule has 0 saturated heterocycles. The highest BCUT2D eigenvalue weighted by atomic mass is 19.4. The van der Waals surface area contributed by atoms with Gasteiger partial charge in [0.05, 0.1) is 17.4 Å². The van der Waals surface area contributed by atoms with Crippen molar-refractivity contribution in [3.63, 3.8) is 0 Å². The predicted octanol–water partition coefficient (Wildman–Crippen LogP) is 2.15. The molecule has 0 radical (unpaired) electrons. The maximum Gasteiger partial charge on any atom is 0.433 e. The van der Waals surface area contributed by atoms with Crippen LogP contribution in [0.15, 0.2) is 12.3 Å². The van der Waals surface area contributed by atoms with Crippen LogP contribution in [-0.4, -0.2) is 27.0 Å². The molecule has 2 fully saturated rings. The first-order valence-electron chi connectivity index (χ1n) is 7.58. The molecule has 9 heteroatoms. The van der Waals surface area contributed by atoms with Gasteiger partial charge in [-0.2, -0.15) is 13.2 Å². The van der Waals surface area contributed by atoms with E-state index in [9.17, 15) is 27.9 Å². The van der Waals surface area contributed by atoms with Crippen molar-refractivity contribution in [2.45, 2.75) is 44.8 Å². The molecule has 2 aliphatic rings. The van der Waals surface area contributed by atoms with Gasteiger partial charge in [0, 0.05) is 6.20 Å². The monoisotopic (exact) mass is 343 g/mol. The number of aliphatic carboxylic acids is 1. The van der Waals surface area contributed by atoms with Gasteiger partial charge < -0.3 is 10.4 Å². The first-order chi connectivity index (χ1) is 11.2. The van der Waals surface area contributed by atoms with Crippen molar-refractivity contribution in [1.29, 1.82) is 0 Å². The number of rotatable bonds is 4. The van der Waals surface area contributed by atoms with Crippen molar-refractivity contribution in [2.24, 2.45) is 10.8 Å². The number of hydrogen-bond donors (Lipinski definition) is 2. The summed E-state index contributed by atoms with van der Waals surface area (Å²) in [5.41, 5.74) is -2.63. The summed E-state index contributed by atoms with van der Waals surface area (Å²) in [5.74, 6) is -1.34. The Morgan fingerprint density at radius 3 is 2.38 bits per heavy atom. The van der Waals surface area contributed by atoms with Crippen LogP contribution < -0.4 is 5.32 Å². The van der Waals surface area contributed by atoms with Crippen LogP contribution in [-0.2, 0) is 22.3 Å². The predicted molar refractivity (Wildman–Crippen MR) is 74.5 cm³/mol. The molecule has 3 rings (SSSR count). The average molecular weight is 343 g/mol. The second-order valence-electron chi connectivity index (χ2n) is 6.58. The van der Waals surface area contributed by atoms with Crippen molar-refractivity contribution >= 4 is 11.9 Å². The Labute approximate surface area is 135 Å². The second kappa shape index (κ2) is 5.42. The molecule has 0 aromatic carbocycles. The standard InChI is InChI=1S/C15H16F3N3O3/c16-15(17,18)9-1-6-19-10(21-9)7-20-11(22)13-2-4-14(8-13,5-3-13)12(23)24/h1,6H,2-5,7-8H2,(H,20,22)(H,23,24). The Bertz CT molecular complexity index is 682. The molecule has 2 saturated carbocycles. The van der Waals surface area contributed by atoms with Gasteiger partial charge in [-0.1, -0.05) is 0 Å². The lowest BCUT2D eigenvalue weighted by atomic mass is 9.81. The lowest BCUT2D eigenvalue weighted by Crippen LogP contribution is -2.38. The molecule has 0 spiro atoms. The molecule has 0 unspecified atom stereocenters. The van der Waals surface area contributed by atoms with E-state index in [0.717, 1.165) is 12.3 Å². The Balaban J connectivity index is 1.66. The van der Waals surface area contributed by atoms with Gasteiger partial charge in [0.1, 0.15) is 11.5 Å². The number of aromatic nitrogens is 2. The number of fused-ring (bicyclic) bond motifs is 2. The van der Waals surface area contributed by atoms with Crippen LogP contribution in [0, 0.1) is 10.8 Å². The molecule has 6 nitrogen and oxygen atoms in total. The van der Waals surface area contributed by atoms with E-state index in [2.05, 4.69) is 15.3 Å². The number of hydrogen-bond acceptors (Lipinski definition) is 4. The zero-order valence-electron chi connectivity index (χ0n) is 12.7. The number of nitrogens with one attached hydrogen (secondary N) is 1. The smallest absolute Gasteiger partial charge is 0.433 e. The number of carboxylic acids is 1. The van der Waals surface area contributed by atoms with E-state index < -0.39 is 28.7 Å². The van der Waals surface area contributed by atoms with Gasteiger partial charge in [-0.05, 0) is 38.2 Å². The highest BCUT2D eigenvalue weighted by Gasteiger charge is 2.61. The van der Waals surface area contributed by atoms with E-state index >= 15 is 0 Å². The molecule has 2 N–H and O–H groups in total. The summed E-state index contributed by atoms with van der Waals surface area (Å²) >= 11 is 0. The zero-order valence-corrected chi connectivity index (χ0v) is 12.7. The van der Waals surface area contributed by atoms with Gasteiger partial charge in [0.2, 0.25) is 5.91 Å². The van der Waals surface area contributed by atoms with Crippen LogP contribution in [0.3, 0.4) is 0 Å². The Morgan fingerprint density at radius 2 is 1.83 bits per heavy atom. The maximum absolute atomic E-state index is 12.6. The molecular formula is C15H16F3N3O3. The molecule has 1 aromatic rings. The first-order valence-corrected chi connectivity index (χ1v) is 7.58. The molecule has 1 heterocycles. The minimum absolute atomic E-state index is 0.130. The van der Waals surface area contributed by atoms with Crippen LogP contribution in [0.5, 0.6) is 0 Å². The van der Waals surface area contributed by atoms with Gasteiger partial charge >= 0.3 is 12.1 Å². The number of carboxylic acid groups (broad SMARTS) is 1. The maximum atomic E-state index is 12.6. The van der Waals surface area contributed by atoms with Crippen molar-refractivity contribution in [1.82, 2.24) is 15.3 Å². The Hall–Kier alpha value is -2.19. The second-order valence-corrected chi connectivity index (χ2v) is 6.58. The van der Waals surface area contributed by atoms with E-state index in [1.54, 1.807) is 0 Å². The third kappa shape index (κ3) is 2.71. The lowest BCUT2D eigenvalue weighted by molar-refractivity contribution is -0.148. The zero-order chi connectivity index (χ0) is 17.6. The van der Waals surface area contributed by atoms with Gasteiger partial charge in [0.25, 0.3) is 0 Å². The fourth-order valence-corrected chi connectivity index (χ4v) is 3.79. The largest absolute Gasteiger partial charge is 0.481 e. The first kappa shape index (κ1) is 16.7. The number of carbonyl (C=O) groups is 2. The molecule has 24 heavy (non-hydrogen) atoms. The molecule has 130 valence electrons. The van der Waals surface area contributed by atoms with Gasteiger partial charge in [-0.3, -0.25) is 9.59 Å². The number of halogens is 3. The summed E-state index contributed by atoms with van der Waals surface area (Å²) in [6, 6.07) is 0.763. The topological polar surface area (TPSA) is 92.2 Å². The molecule has 2 aliphatic carbocycles. The lowest BCUT2D eigenvalue weighted by Gasteiger charge is -2.25. The fraction of sp³-hybridized carbons (Fsp3) is 0.600. The third-order valence-electron chi connectivity index (χ3n) is 5.18. The summed E-state index contributed by atoms with van der Waals surface area (Å²) in [6.07, 6.45) is -1.42. The molecular weight excluding hydrogens is 327 g/mol. The third-order valence-corrected chi connectivity index (χ3v) is 5.18. The summed E-state index contributed by atoms with van der Waals surface area (Å²) in [4.78, 5) is 31.0. The normalized spacial score (nSPS) is 28.8. The highest BCUT2D eigenvalue weighted by Crippen LogP contribution is 2.61. The molecule has 1 amide bonds. The number of amides is 1. The summed E-state index contributed by atoms with van der Waals surface area (Å²) in [5, 5.41) is 11.9. The van der Waals surface area contributed by atoms with Crippen LogP contribution in [0.4, 0.5) is 13.2 Å².